The normalized spacial score (nSPS) is 11.3. The highest BCUT2D eigenvalue weighted by atomic mass is 16.6. The zero-order valence-electron chi connectivity index (χ0n) is 10.1. The number of amides is 1. The van der Waals surface area contributed by atoms with Gasteiger partial charge in [0.25, 0.3) is 0 Å². The zero-order chi connectivity index (χ0) is 12.3. The van der Waals surface area contributed by atoms with Crippen LogP contribution in [0.25, 0.3) is 0 Å². The highest BCUT2D eigenvalue weighted by molar-refractivity contribution is 5.83. The van der Waals surface area contributed by atoms with Crippen LogP contribution in [0, 0.1) is 0 Å². The number of anilines is 1. The first kappa shape index (κ1) is 12.5. The van der Waals surface area contributed by atoms with Crippen molar-refractivity contribution < 1.29 is 9.53 Å². The minimum atomic E-state index is -0.519. The average Bonchev–Trinajstić information content (AvgIpc) is 2.42. The lowest BCUT2D eigenvalue weighted by Crippen LogP contribution is -2.27. The van der Waals surface area contributed by atoms with E-state index in [0.29, 0.717) is 12.4 Å². The molecule has 3 N–H and O–H groups in total. The van der Waals surface area contributed by atoms with Gasteiger partial charge in [-0.3, -0.25) is 10.00 Å². The van der Waals surface area contributed by atoms with Gasteiger partial charge in [-0.25, -0.2) is 4.79 Å². The molecule has 0 aliphatic rings. The van der Waals surface area contributed by atoms with Crippen LogP contribution in [-0.2, 0) is 18.3 Å². The Kier molecular flexibility index (Phi) is 3.54. The molecule has 90 valence electrons. The Hall–Kier alpha value is -1.56. The topological polar surface area (TPSA) is 82.2 Å². The van der Waals surface area contributed by atoms with Crippen molar-refractivity contribution in [1.29, 1.82) is 0 Å². The molecule has 1 rings (SSSR count). The van der Waals surface area contributed by atoms with Crippen LogP contribution in [0.1, 0.15) is 26.5 Å². The van der Waals surface area contributed by atoms with Gasteiger partial charge in [0.05, 0.1) is 5.69 Å². The number of hydrogen-bond donors (Lipinski definition) is 2. The van der Waals surface area contributed by atoms with Crippen molar-refractivity contribution in [2.24, 2.45) is 12.8 Å². The standard InChI is InChI=1S/C10H18N4O2/c1-10(2,3)16-9(15)12-8-5-7(6-11)14(4)13-8/h5H,6,11H2,1-4H3,(H,12,13,15). The van der Waals surface area contributed by atoms with E-state index in [1.54, 1.807) is 38.6 Å². The summed E-state index contributed by atoms with van der Waals surface area (Å²) in [5, 5.41) is 6.62. The monoisotopic (exact) mass is 226 g/mol. The Morgan fingerprint density at radius 2 is 2.25 bits per heavy atom. The molecule has 0 atom stereocenters. The van der Waals surface area contributed by atoms with Gasteiger partial charge in [0, 0.05) is 19.7 Å². The first-order chi connectivity index (χ1) is 7.31. The van der Waals surface area contributed by atoms with E-state index < -0.39 is 11.7 Å². The van der Waals surface area contributed by atoms with E-state index in [4.69, 9.17) is 10.5 Å². The van der Waals surface area contributed by atoms with Crippen molar-refractivity contribution in [3.05, 3.63) is 11.8 Å². The Bertz CT molecular complexity index is 379. The van der Waals surface area contributed by atoms with Crippen molar-refractivity contribution in [1.82, 2.24) is 9.78 Å². The van der Waals surface area contributed by atoms with Crippen LogP contribution in [0.5, 0.6) is 0 Å². The van der Waals surface area contributed by atoms with Gasteiger partial charge in [0.2, 0.25) is 0 Å². The summed E-state index contributed by atoms with van der Waals surface area (Å²) in [5.74, 6) is 0.442. The number of nitrogens with zero attached hydrogens (tertiary/aromatic N) is 2. The molecule has 0 bridgehead atoms. The summed E-state index contributed by atoms with van der Waals surface area (Å²) < 4.78 is 6.71. The Labute approximate surface area is 94.8 Å². The molecule has 0 radical (unpaired) electrons. The van der Waals surface area contributed by atoms with Crippen molar-refractivity contribution in [3.63, 3.8) is 0 Å². The summed E-state index contributed by atoms with van der Waals surface area (Å²) in [5.41, 5.74) is 5.81. The molecule has 1 aromatic rings. The first-order valence-electron chi connectivity index (χ1n) is 5.05. The lowest BCUT2D eigenvalue weighted by molar-refractivity contribution is 0.0635. The van der Waals surface area contributed by atoms with Gasteiger partial charge in [-0.1, -0.05) is 0 Å². The molecular weight excluding hydrogens is 208 g/mol. The van der Waals surface area contributed by atoms with Crippen LogP contribution in [0.4, 0.5) is 10.6 Å². The second-order valence-electron chi connectivity index (χ2n) is 4.48. The van der Waals surface area contributed by atoms with Crippen LogP contribution in [0.3, 0.4) is 0 Å². The van der Waals surface area contributed by atoms with Gasteiger partial charge >= 0.3 is 6.09 Å². The summed E-state index contributed by atoms with van der Waals surface area (Å²) in [6.45, 7) is 5.78. The average molecular weight is 226 g/mol. The third-order valence-electron chi connectivity index (χ3n) is 1.81. The third-order valence-corrected chi connectivity index (χ3v) is 1.81. The number of carbonyl (C=O) groups is 1. The molecule has 0 aliphatic carbocycles. The van der Waals surface area contributed by atoms with Crippen LogP contribution >= 0.6 is 0 Å². The third kappa shape index (κ3) is 3.54. The molecule has 6 nitrogen and oxygen atoms in total. The van der Waals surface area contributed by atoms with Gasteiger partial charge in [-0.15, -0.1) is 0 Å². The Morgan fingerprint density at radius 1 is 1.62 bits per heavy atom. The van der Waals surface area contributed by atoms with E-state index >= 15 is 0 Å². The zero-order valence-corrected chi connectivity index (χ0v) is 10.1. The molecule has 0 saturated carbocycles. The fourth-order valence-electron chi connectivity index (χ4n) is 1.17. The number of ether oxygens (including phenoxy) is 1. The highest BCUT2D eigenvalue weighted by Gasteiger charge is 2.17. The molecule has 1 heterocycles. The quantitative estimate of drug-likeness (QED) is 0.794. The maximum Gasteiger partial charge on any atom is 0.413 e. The molecule has 6 heteroatoms. The second-order valence-corrected chi connectivity index (χ2v) is 4.48. The van der Waals surface area contributed by atoms with E-state index in [1.165, 1.54) is 0 Å². The minimum absolute atomic E-state index is 0.375. The number of nitrogens with two attached hydrogens (primary N) is 1. The summed E-state index contributed by atoms with van der Waals surface area (Å²) >= 11 is 0. The lowest BCUT2D eigenvalue weighted by atomic mass is 10.2. The molecule has 16 heavy (non-hydrogen) atoms. The number of carbonyl (C=O) groups excluding carboxylic acids is 1. The molecule has 0 unspecified atom stereocenters. The maximum atomic E-state index is 11.4. The van der Waals surface area contributed by atoms with Gasteiger partial charge in [0.1, 0.15) is 5.60 Å². The molecule has 0 saturated heterocycles. The SMILES string of the molecule is Cn1nc(NC(=O)OC(C)(C)C)cc1CN. The summed E-state index contributed by atoms with van der Waals surface area (Å²) in [6.07, 6.45) is -0.519. The molecule has 1 aromatic heterocycles. The summed E-state index contributed by atoms with van der Waals surface area (Å²) in [6, 6.07) is 1.71. The fourth-order valence-corrected chi connectivity index (χ4v) is 1.17. The van der Waals surface area contributed by atoms with E-state index in [0.717, 1.165) is 5.69 Å². The lowest BCUT2D eigenvalue weighted by Gasteiger charge is -2.18. The van der Waals surface area contributed by atoms with Crippen molar-refractivity contribution >= 4 is 11.9 Å². The van der Waals surface area contributed by atoms with Crippen molar-refractivity contribution in [3.8, 4) is 0 Å². The van der Waals surface area contributed by atoms with Gasteiger partial charge in [0.15, 0.2) is 5.82 Å². The molecular formula is C10H18N4O2. The van der Waals surface area contributed by atoms with E-state index in [-0.39, 0.29) is 0 Å². The van der Waals surface area contributed by atoms with Crippen molar-refractivity contribution in [2.45, 2.75) is 32.9 Å². The van der Waals surface area contributed by atoms with E-state index in [9.17, 15) is 4.79 Å². The van der Waals surface area contributed by atoms with E-state index in [1.807, 2.05) is 0 Å². The molecule has 1 amide bonds. The van der Waals surface area contributed by atoms with Crippen LogP contribution in [0.2, 0.25) is 0 Å². The first-order valence-corrected chi connectivity index (χ1v) is 5.05. The molecule has 0 fully saturated rings. The second kappa shape index (κ2) is 4.52. The number of aromatic nitrogens is 2. The Morgan fingerprint density at radius 3 is 2.69 bits per heavy atom. The molecule has 0 spiro atoms. The molecule has 0 aromatic carbocycles. The van der Waals surface area contributed by atoms with Gasteiger partial charge in [-0.05, 0) is 20.8 Å². The minimum Gasteiger partial charge on any atom is -0.444 e. The van der Waals surface area contributed by atoms with Crippen molar-refractivity contribution in [2.75, 3.05) is 5.32 Å². The maximum absolute atomic E-state index is 11.4. The summed E-state index contributed by atoms with van der Waals surface area (Å²) in [4.78, 5) is 11.4. The van der Waals surface area contributed by atoms with Crippen LogP contribution in [-0.4, -0.2) is 21.5 Å². The van der Waals surface area contributed by atoms with Gasteiger partial charge in [-0.2, -0.15) is 5.10 Å². The number of aryl methyl sites for hydroxylation is 1. The predicted molar refractivity (Wildman–Crippen MR) is 61.0 cm³/mol. The number of hydrogen-bond acceptors (Lipinski definition) is 4. The van der Waals surface area contributed by atoms with Crippen LogP contribution in [0.15, 0.2) is 6.07 Å². The van der Waals surface area contributed by atoms with Crippen LogP contribution < -0.4 is 11.1 Å². The number of rotatable bonds is 2. The predicted octanol–water partition coefficient (Wildman–Crippen LogP) is 1.23. The molecule has 0 aliphatic heterocycles. The van der Waals surface area contributed by atoms with E-state index in [2.05, 4.69) is 10.4 Å². The summed E-state index contributed by atoms with van der Waals surface area (Å²) in [7, 11) is 1.77. The highest BCUT2D eigenvalue weighted by Crippen LogP contribution is 2.11. The number of nitrogens with one attached hydrogen (secondary N) is 1. The Balaban J connectivity index is 2.63. The van der Waals surface area contributed by atoms with Gasteiger partial charge < -0.3 is 10.5 Å². The fraction of sp³-hybridized carbons (Fsp3) is 0.600. The largest absolute Gasteiger partial charge is 0.444 e. The smallest absolute Gasteiger partial charge is 0.413 e.